The first-order valence-corrected chi connectivity index (χ1v) is 6.97. The van der Waals surface area contributed by atoms with Gasteiger partial charge >= 0.3 is 0 Å². The Morgan fingerprint density at radius 2 is 2.05 bits per heavy atom. The molecule has 5 nitrogen and oxygen atoms in total. The number of nitro benzene ring substituents is 1. The molecule has 0 aromatic heterocycles. The van der Waals surface area contributed by atoms with E-state index in [-0.39, 0.29) is 10.6 Å². The van der Waals surface area contributed by atoms with E-state index in [1.54, 1.807) is 18.2 Å². The maximum atomic E-state index is 10.9. The predicted octanol–water partition coefficient (Wildman–Crippen LogP) is 2.52. The largest absolute Gasteiger partial charge is 0.389 e. The minimum atomic E-state index is -0.739. The maximum Gasteiger partial charge on any atom is 0.272 e. The van der Waals surface area contributed by atoms with Gasteiger partial charge in [0, 0.05) is 18.2 Å². The summed E-state index contributed by atoms with van der Waals surface area (Å²) in [6, 6.07) is 6.76. The van der Waals surface area contributed by atoms with Gasteiger partial charge in [0.15, 0.2) is 0 Å². The topological polar surface area (TPSA) is 75.4 Å². The van der Waals surface area contributed by atoms with E-state index in [4.69, 9.17) is 0 Å². The molecule has 1 aromatic carbocycles. The third-order valence-corrected chi connectivity index (χ3v) is 3.11. The van der Waals surface area contributed by atoms with Crippen LogP contribution < -0.4 is 5.32 Å². The molecule has 0 spiro atoms. The monoisotopic (exact) mass is 280 g/mol. The quantitative estimate of drug-likeness (QED) is 0.436. The van der Waals surface area contributed by atoms with E-state index in [9.17, 15) is 15.2 Å². The average molecular weight is 280 g/mol. The van der Waals surface area contributed by atoms with Crippen molar-refractivity contribution in [2.75, 3.05) is 13.1 Å². The van der Waals surface area contributed by atoms with Crippen molar-refractivity contribution in [3.05, 3.63) is 39.9 Å². The zero-order valence-electron chi connectivity index (χ0n) is 12.4. The highest BCUT2D eigenvalue weighted by atomic mass is 16.6. The van der Waals surface area contributed by atoms with Gasteiger partial charge in [-0.2, -0.15) is 0 Å². The van der Waals surface area contributed by atoms with Gasteiger partial charge in [0.1, 0.15) is 0 Å². The standard InChI is InChI=1S/C15H24N2O3/c1-12(2)10-15(3,18)11-16-9-8-13-6-4-5-7-14(13)17(19)20/h4-7,12,16,18H,8-11H2,1-3H3. The fourth-order valence-electron chi connectivity index (χ4n) is 2.43. The molecule has 0 saturated heterocycles. The van der Waals surface area contributed by atoms with Crippen molar-refractivity contribution in [1.82, 2.24) is 5.32 Å². The molecule has 1 unspecified atom stereocenters. The lowest BCUT2D eigenvalue weighted by molar-refractivity contribution is -0.385. The van der Waals surface area contributed by atoms with E-state index in [1.165, 1.54) is 6.07 Å². The molecule has 112 valence electrons. The third kappa shape index (κ3) is 5.67. The first kappa shape index (κ1) is 16.6. The van der Waals surface area contributed by atoms with Crippen LogP contribution in [-0.4, -0.2) is 28.7 Å². The zero-order chi connectivity index (χ0) is 15.2. The van der Waals surface area contributed by atoms with Gasteiger partial charge < -0.3 is 10.4 Å². The van der Waals surface area contributed by atoms with Gasteiger partial charge in [-0.25, -0.2) is 0 Å². The number of aliphatic hydroxyl groups is 1. The van der Waals surface area contributed by atoms with Crippen molar-refractivity contribution in [2.45, 2.75) is 39.2 Å². The smallest absolute Gasteiger partial charge is 0.272 e. The van der Waals surface area contributed by atoms with Crippen LogP contribution in [0.25, 0.3) is 0 Å². The van der Waals surface area contributed by atoms with Crippen LogP contribution in [0.4, 0.5) is 5.69 Å². The molecule has 0 radical (unpaired) electrons. The van der Waals surface area contributed by atoms with Crippen molar-refractivity contribution in [3.8, 4) is 0 Å². The minimum absolute atomic E-state index is 0.156. The van der Waals surface area contributed by atoms with Gasteiger partial charge in [0.2, 0.25) is 0 Å². The fourth-order valence-corrected chi connectivity index (χ4v) is 2.43. The van der Waals surface area contributed by atoms with E-state index in [1.807, 2.05) is 6.92 Å². The molecule has 1 atom stereocenters. The van der Waals surface area contributed by atoms with Gasteiger partial charge in [0.25, 0.3) is 5.69 Å². The molecule has 0 fully saturated rings. The molecule has 1 rings (SSSR count). The first-order chi connectivity index (χ1) is 9.32. The summed E-state index contributed by atoms with van der Waals surface area (Å²) < 4.78 is 0. The van der Waals surface area contributed by atoms with Crippen LogP contribution in [0.15, 0.2) is 24.3 Å². The molecule has 5 heteroatoms. The number of benzene rings is 1. The molecule has 20 heavy (non-hydrogen) atoms. The third-order valence-electron chi connectivity index (χ3n) is 3.11. The Labute approximate surface area is 120 Å². The lowest BCUT2D eigenvalue weighted by atomic mass is 9.94. The lowest BCUT2D eigenvalue weighted by Crippen LogP contribution is -2.39. The van der Waals surface area contributed by atoms with Crippen molar-refractivity contribution >= 4 is 5.69 Å². The van der Waals surface area contributed by atoms with E-state index in [0.29, 0.717) is 31.0 Å². The Hall–Kier alpha value is -1.46. The maximum absolute atomic E-state index is 10.9. The molecule has 0 bridgehead atoms. The molecule has 0 aliphatic heterocycles. The van der Waals surface area contributed by atoms with Crippen LogP contribution >= 0.6 is 0 Å². The van der Waals surface area contributed by atoms with E-state index >= 15 is 0 Å². The van der Waals surface area contributed by atoms with Gasteiger partial charge in [-0.15, -0.1) is 0 Å². The summed E-state index contributed by atoms with van der Waals surface area (Å²) in [7, 11) is 0. The normalized spacial score (nSPS) is 14.2. The Kier molecular flexibility index (Phi) is 6.10. The number of rotatable bonds is 8. The van der Waals surface area contributed by atoms with Gasteiger partial charge in [-0.1, -0.05) is 32.0 Å². The summed E-state index contributed by atoms with van der Waals surface area (Å²) >= 11 is 0. The van der Waals surface area contributed by atoms with Crippen LogP contribution in [0.5, 0.6) is 0 Å². The summed E-state index contributed by atoms with van der Waals surface area (Å²) in [4.78, 5) is 10.5. The Bertz CT molecular complexity index is 444. The van der Waals surface area contributed by atoms with Crippen LogP contribution in [0.1, 0.15) is 32.8 Å². The Morgan fingerprint density at radius 1 is 1.40 bits per heavy atom. The Morgan fingerprint density at radius 3 is 2.65 bits per heavy atom. The molecule has 2 N–H and O–H groups in total. The predicted molar refractivity (Wildman–Crippen MR) is 79.7 cm³/mol. The number of hydrogen-bond donors (Lipinski definition) is 2. The summed E-state index contributed by atoms with van der Waals surface area (Å²) in [5.41, 5.74) is 0.133. The molecular weight excluding hydrogens is 256 g/mol. The number of para-hydroxylation sites is 1. The minimum Gasteiger partial charge on any atom is -0.389 e. The van der Waals surface area contributed by atoms with Crippen molar-refractivity contribution in [3.63, 3.8) is 0 Å². The molecule has 0 aliphatic carbocycles. The van der Waals surface area contributed by atoms with Gasteiger partial charge in [-0.3, -0.25) is 10.1 Å². The van der Waals surface area contributed by atoms with E-state index in [0.717, 1.165) is 6.42 Å². The summed E-state index contributed by atoms with van der Waals surface area (Å²) in [6.45, 7) is 7.06. The van der Waals surface area contributed by atoms with Crippen molar-refractivity contribution < 1.29 is 10.0 Å². The number of hydrogen-bond acceptors (Lipinski definition) is 4. The highest BCUT2D eigenvalue weighted by Gasteiger charge is 2.21. The second-order valence-corrected chi connectivity index (χ2v) is 5.91. The van der Waals surface area contributed by atoms with Crippen LogP contribution in [0.3, 0.4) is 0 Å². The number of nitrogens with one attached hydrogen (secondary N) is 1. The summed E-state index contributed by atoms with van der Waals surface area (Å²) in [5.74, 6) is 0.432. The van der Waals surface area contributed by atoms with Gasteiger partial charge in [0.05, 0.1) is 10.5 Å². The molecule has 0 heterocycles. The fraction of sp³-hybridized carbons (Fsp3) is 0.600. The number of nitrogens with zero attached hydrogens (tertiary/aromatic N) is 1. The van der Waals surface area contributed by atoms with Gasteiger partial charge in [-0.05, 0) is 32.2 Å². The average Bonchev–Trinajstić information content (AvgIpc) is 2.33. The van der Waals surface area contributed by atoms with Crippen molar-refractivity contribution in [1.29, 1.82) is 0 Å². The molecule has 1 aromatic rings. The molecule has 0 aliphatic rings. The van der Waals surface area contributed by atoms with Crippen LogP contribution in [0.2, 0.25) is 0 Å². The second kappa shape index (κ2) is 7.36. The molecular formula is C15H24N2O3. The SMILES string of the molecule is CC(C)CC(C)(O)CNCCc1ccccc1[N+](=O)[O-]. The summed E-state index contributed by atoms with van der Waals surface area (Å²) in [5, 5.41) is 24.2. The highest BCUT2D eigenvalue weighted by molar-refractivity contribution is 5.39. The highest BCUT2D eigenvalue weighted by Crippen LogP contribution is 2.18. The van der Waals surface area contributed by atoms with Crippen LogP contribution in [0, 0.1) is 16.0 Å². The van der Waals surface area contributed by atoms with E-state index < -0.39 is 5.60 Å². The second-order valence-electron chi connectivity index (χ2n) is 5.91. The zero-order valence-corrected chi connectivity index (χ0v) is 12.4. The first-order valence-electron chi connectivity index (χ1n) is 6.97. The van der Waals surface area contributed by atoms with Crippen LogP contribution in [-0.2, 0) is 6.42 Å². The number of nitro groups is 1. The van der Waals surface area contributed by atoms with Crippen molar-refractivity contribution in [2.24, 2.45) is 5.92 Å². The molecule has 0 amide bonds. The Balaban J connectivity index is 2.44. The van der Waals surface area contributed by atoms with E-state index in [2.05, 4.69) is 19.2 Å². The lowest BCUT2D eigenvalue weighted by Gasteiger charge is -2.25. The summed E-state index contributed by atoms with van der Waals surface area (Å²) in [6.07, 6.45) is 1.31. The molecule has 0 saturated carbocycles.